The van der Waals surface area contributed by atoms with Crippen LogP contribution in [0.15, 0.2) is 36.4 Å². The summed E-state index contributed by atoms with van der Waals surface area (Å²) in [6, 6.07) is 9.83. The van der Waals surface area contributed by atoms with Gasteiger partial charge in [-0.3, -0.25) is 10.1 Å². The Morgan fingerprint density at radius 2 is 1.91 bits per heavy atom. The third-order valence-corrected chi connectivity index (χ3v) is 3.32. The monoisotopic (exact) mass is 314 g/mol. The normalized spacial score (nSPS) is 10.5. The van der Waals surface area contributed by atoms with E-state index in [1.807, 2.05) is 6.07 Å². The van der Waals surface area contributed by atoms with Gasteiger partial charge in [0.15, 0.2) is 11.5 Å². The van der Waals surface area contributed by atoms with Crippen LogP contribution in [-0.2, 0) is 0 Å². The molecule has 0 atom stereocenters. The predicted molar refractivity (Wildman–Crippen MR) is 85.6 cm³/mol. The lowest BCUT2D eigenvalue weighted by Gasteiger charge is -2.09. The maximum absolute atomic E-state index is 10.8. The van der Waals surface area contributed by atoms with Gasteiger partial charge in [0, 0.05) is 23.9 Å². The Balaban J connectivity index is 1.90. The molecule has 3 aromatic rings. The molecule has 0 radical (unpaired) electrons. The second-order valence-corrected chi connectivity index (χ2v) is 4.74. The van der Waals surface area contributed by atoms with Crippen molar-refractivity contribution in [3.63, 3.8) is 0 Å². The minimum atomic E-state index is -0.443. The molecule has 0 unspecified atom stereocenters. The molecule has 1 aromatic heterocycles. The lowest BCUT2D eigenvalue weighted by atomic mass is 10.3. The molecule has 0 amide bonds. The average molecular weight is 314 g/mol. The summed E-state index contributed by atoms with van der Waals surface area (Å²) in [6.45, 7) is 0. The standard InChI is InChI=1S/C15H14N4O4/c1-22-13-6-3-9(7-14(13)23-2)16-15-17-11-5-4-10(19(20)21)8-12(11)18-15/h3-8H,1-2H3,(H2,16,17,18). The van der Waals surface area contributed by atoms with Crippen LogP contribution in [0.5, 0.6) is 11.5 Å². The van der Waals surface area contributed by atoms with Crippen LogP contribution in [0.1, 0.15) is 0 Å². The van der Waals surface area contributed by atoms with E-state index in [2.05, 4.69) is 15.3 Å². The number of nitro groups is 1. The first-order chi connectivity index (χ1) is 11.1. The number of aromatic amines is 1. The van der Waals surface area contributed by atoms with Crippen LogP contribution in [0.25, 0.3) is 11.0 Å². The number of fused-ring (bicyclic) bond motifs is 1. The first kappa shape index (κ1) is 14.6. The Kier molecular flexibility index (Phi) is 3.71. The molecule has 0 spiro atoms. The lowest BCUT2D eigenvalue weighted by molar-refractivity contribution is -0.384. The smallest absolute Gasteiger partial charge is 0.271 e. The number of anilines is 2. The number of methoxy groups -OCH3 is 2. The molecule has 8 heteroatoms. The highest BCUT2D eigenvalue weighted by molar-refractivity contribution is 5.80. The Labute approximate surface area is 131 Å². The Morgan fingerprint density at radius 1 is 1.13 bits per heavy atom. The number of hydrogen-bond acceptors (Lipinski definition) is 6. The Hall–Kier alpha value is -3.29. The minimum Gasteiger partial charge on any atom is -0.493 e. The molecule has 8 nitrogen and oxygen atoms in total. The van der Waals surface area contributed by atoms with E-state index in [0.29, 0.717) is 28.5 Å². The van der Waals surface area contributed by atoms with Crippen LogP contribution in [0.4, 0.5) is 17.3 Å². The van der Waals surface area contributed by atoms with Gasteiger partial charge >= 0.3 is 0 Å². The van der Waals surface area contributed by atoms with E-state index in [0.717, 1.165) is 5.69 Å². The summed E-state index contributed by atoms with van der Waals surface area (Å²) >= 11 is 0. The molecule has 2 N–H and O–H groups in total. The highest BCUT2D eigenvalue weighted by Gasteiger charge is 2.10. The highest BCUT2D eigenvalue weighted by Crippen LogP contribution is 2.31. The van der Waals surface area contributed by atoms with Crippen molar-refractivity contribution in [2.24, 2.45) is 0 Å². The van der Waals surface area contributed by atoms with Gasteiger partial charge in [-0.15, -0.1) is 0 Å². The molecule has 0 aliphatic heterocycles. The van der Waals surface area contributed by atoms with Gasteiger partial charge in [-0.1, -0.05) is 0 Å². The maximum Gasteiger partial charge on any atom is 0.271 e. The van der Waals surface area contributed by atoms with Crippen LogP contribution in [0.3, 0.4) is 0 Å². The van der Waals surface area contributed by atoms with Gasteiger partial charge in [0.1, 0.15) is 0 Å². The van der Waals surface area contributed by atoms with Gasteiger partial charge in [0.2, 0.25) is 5.95 Å². The number of nitrogens with one attached hydrogen (secondary N) is 2. The van der Waals surface area contributed by atoms with E-state index >= 15 is 0 Å². The van der Waals surface area contributed by atoms with Crippen molar-refractivity contribution in [2.45, 2.75) is 0 Å². The van der Waals surface area contributed by atoms with Crippen LogP contribution in [0, 0.1) is 10.1 Å². The van der Waals surface area contributed by atoms with E-state index in [-0.39, 0.29) is 5.69 Å². The molecule has 0 bridgehead atoms. The van der Waals surface area contributed by atoms with E-state index in [1.165, 1.54) is 12.1 Å². The fourth-order valence-corrected chi connectivity index (χ4v) is 2.22. The van der Waals surface area contributed by atoms with Gasteiger partial charge < -0.3 is 19.8 Å². The van der Waals surface area contributed by atoms with Crippen molar-refractivity contribution in [2.75, 3.05) is 19.5 Å². The Bertz CT molecular complexity index is 875. The molecule has 0 fully saturated rings. The van der Waals surface area contributed by atoms with Crippen molar-refractivity contribution in [3.8, 4) is 11.5 Å². The number of aromatic nitrogens is 2. The van der Waals surface area contributed by atoms with Crippen molar-refractivity contribution in [1.29, 1.82) is 0 Å². The number of non-ortho nitro benzene ring substituents is 1. The zero-order chi connectivity index (χ0) is 16.4. The summed E-state index contributed by atoms with van der Waals surface area (Å²) in [7, 11) is 3.12. The van der Waals surface area contributed by atoms with Crippen molar-refractivity contribution < 1.29 is 14.4 Å². The van der Waals surface area contributed by atoms with E-state index in [4.69, 9.17) is 9.47 Å². The predicted octanol–water partition coefficient (Wildman–Crippen LogP) is 3.23. The summed E-state index contributed by atoms with van der Waals surface area (Å²) in [5, 5.41) is 13.9. The van der Waals surface area contributed by atoms with Crippen LogP contribution < -0.4 is 14.8 Å². The molecule has 0 saturated heterocycles. The van der Waals surface area contributed by atoms with Gasteiger partial charge in [-0.2, -0.15) is 0 Å². The van der Waals surface area contributed by atoms with Crippen molar-refractivity contribution in [1.82, 2.24) is 9.97 Å². The summed E-state index contributed by atoms with van der Waals surface area (Å²) < 4.78 is 10.4. The molecule has 3 rings (SSSR count). The second-order valence-electron chi connectivity index (χ2n) is 4.74. The van der Waals surface area contributed by atoms with Crippen LogP contribution in [0.2, 0.25) is 0 Å². The largest absolute Gasteiger partial charge is 0.493 e. The third kappa shape index (κ3) is 2.86. The molecule has 23 heavy (non-hydrogen) atoms. The minimum absolute atomic E-state index is 0.0128. The summed E-state index contributed by atoms with van der Waals surface area (Å²) in [6.07, 6.45) is 0. The summed E-state index contributed by atoms with van der Waals surface area (Å²) in [5.74, 6) is 1.69. The third-order valence-electron chi connectivity index (χ3n) is 3.32. The SMILES string of the molecule is COc1ccc(Nc2nc3ccc([N+](=O)[O-])cc3[nH]2)cc1OC. The molecule has 0 aliphatic rings. The second kappa shape index (κ2) is 5.84. The summed E-state index contributed by atoms with van der Waals surface area (Å²) in [5.41, 5.74) is 1.98. The average Bonchev–Trinajstić information content (AvgIpc) is 2.95. The fraction of sp³-hybridized carbons (Fsp3) is 0.133. The molecule has 118 valence electrons. The molecule has 0 aliphatic carbocycles. The van der Waals surface area contributed by atoms with E-state index < -0.39 is 4.92 Å². The number of imidazole rings is 1. The van der Waals surface area contributed by atoms with Gasteiger partial charge in [-0.05, 0) is 18.2 Å². The van der Waals surface area contributed by atoms with Crippen molar-refractivity contribution in [3.05, 3.63) is 46.5 Å². The quantitative estimate of drug-likeness (QED) is 0.553. The number of nitro benzene ring substituents is 1. The number of rotatable bonds is 5. The van der Waals surface area contributed by atoms with Gasteiger partial charge in [-0.25, -0.2) is 4.98 Å². The zero-order valence-electron chi connectivity index (χ0n) is 12.5. The highest BCUT2D eigenvalue weighted by atomic mass is 16.6. The molecule has 0 saturated carbocycles. The summed E-state index contributed by atoms with van der Waals surface area (Å²) in [4.78, 5) is 17.7. The molecule has 2 aromatic carbocycles. The molecule has 1 heterocycles. The molecular weight excluding hydrogens is 300 g/mol. The zero-order valence-corrected chi connectivity index (χ0v) is 12.5. The van der Waals surface area contributed by atoms with Crippen molar-refractivity contribution >= 4 is 28.4 Å². The number of benzene rings is 2. The number of ether oxygens (including phenoxy) is 2. The number of hydrogen-bond donors (Lipinski definition) is 2. The van der Waals surface area contributed by atoms with Crippen LogP contribution >= 0.6 is 0 Å². The first-order valence-corrected chi connectivity index (χ1v) is 6.74. The number of nitrogens with zero attached hydrogens (tertiary/aromatic N) is 2. The topological polar surface area (TPSA) is 102 Å². The lowest BCUT2D eigenvalue weighted by Crippen LogP contribution is -1.95. The van der Waals surface area contributed by atoms with Crippen LogP contribution in [-0.4, -0.2) is 29.1 Å². The van der Waals surface area contributed by atoms with Gasteiger partial charge in [0.25, 0.3) is 5.69 Å². The van der Waals surface area contributed by atoms with E-state index in [1.54, 1.807) is 32.4 Å². The van der Waals surface area contributed by atoms with Gasteiger partial charge in [0.05, 0.1) is 30.2 Å². The molecular formula is C15H14N4O4. The van der Waals surface area contributed by atoms with E-state index in [9.17, 15) is 10.1 Å². The number of H-pyrrole nitrogens is 1. The first-order valence-electron chi connectivity index (χ1n) is 6.74. The maximum atomic E-state index is 10.8. The Morgan fingerprint density at radius 3 is 2.61 bits per heavy atom. The fourth-order valence-electron chi connectivity index (χ4n) is 2.22.